The Morgan fingerprint density at radius 3 is 2.53 bits per heavy atom. The Labute approximate surface area is 115 Å². The molecule has 0 fully saturated rings. The molecule has 0 spiro atoms. The Kier molecular flexibility index (Phi) is 5.21. The highest BCUT2D eigenvalue weighted by molar-refractivity contribution is 5.78. The van der Waals surface area contributed by atoms with Crippen molar-refractivity contribution >= 4 is 11.6 Å². The molecule has 1 atom stereocenters. The molecule has 1 aromatic carbocycles. The Balaban J connectivity index is 2.63. The van der Waals surface area contributed by atoms with E-state index in [4.69, 9.17) is 10.5 Å². The Morgan fingerprint density at radius 1 is 1.32 bits per heavy atom. The molecule has 0 aromatic heterocycles. The molecule has 1 rings (SSSR count). The molecule has 0 bridgehead atoms. The lowest BCUT2D eigenvalue weighted by molar-refractivity contribution is -0.124. The van der Waals surface area contributed by atoms with E-state index in [1.54, 1.807) is 0 Å². The summed E-state index contributed by atoms with van der Waals surface area (Å²) in [6.07, 6.45) is 0. The van der Waals surface area contributed by atoms with E-state index in [2.05, 4.69) is 19.2 Å². The van der Waals surface area contributed by atoms with Crippen molar-refractivity contribution in [2.45, 2.75) is 40.7 Å². The first-order valence-corrected chi connectivity index (χ1v) is 6.60. The first-order chi connectivity index (χ1) is 8.82. The zero-order valence-electron chi connectivity index (χ0n) is 12.4. The molecule has 19 heavy (non-hydrogen) atoms. The zero-order valence-corrected chi connectivity index (χ0v) is 12.4. The summed E-state index contributed by atoms with van der Waals surface area (Å²) in [7, 11) is 0. The van der Waals surface area contributed by atoms with Crippen LogP contribution in [0.3, 0.4) is 0 Å². The molecule has 4 heteroatoms. The van der Waals surface area contributed by atoms with Crippen molar-refractivity contribution < 1.29 is 9.53 Å². The van der Waals surface area contributed by atoms with Gasteiger partial charge >= 0.3 is 0 Å². The van der Waals surface area contributed by atoms with Crippen molar-refractivity contribution in [3.8, 4) is 5.75 Å². The highest BCUT2D eigenvalue weighted by Crippen LogP contribution is 2.27. The summed E-state index contributed by atoms with van der Waals surface area (Å²) in [5.41, 5.74) is 8.38. The number of nitrogens with two attached hydrogens (primary N) is 1. The van der Waals surface area contributed by atoms with Gasteiger partial charge in [-0.15, -0.1) is 0 Å². The second-order valence-corrected chi connectivity index (χ2v) is 5.31. The average Bonchev–Trinajstić information content (AvgIpc) is 2.33. The normalized spacial score (nSPS) is 12.3. The molecule has 0 saturated heterocycles. The minimum atomic E-state index is -0.109. The molecule has 0 aliphatic heterocycles. The van der Waals surface area contributed by atoms with Crippen LogP contribution in [0.25, 0.3) is 0 Å². The summed E-state index contributed by atoms with van der Waals surface area (Å²) >= 11 is 0. The molecule has 0 aliphatic rings. The predicted molar refractivity (Wildman–Crippen MR) is 78.3 cm³/mol. The quantitative estimate of drug-likeness (QED) is 0.803. The summed E-state index contributed by atoms with van der Waals surface area (Å²) in [5, 5.41) is 2.91. The average molecular weight is 264 g/mol. The highest BCUT2D eigenvalue weighted by Gasteiger charge is 2.13. The predicted octanol–water partition coefficient (Wildman–Crippen LogP) is 2.43. The van der Waals surface area contributed by atoms with Gasteiger partial charge in [0.2, 0.25) is 0 Å². The summed E-state index contributed by atoms with van der Waals surface area (Å²) in [6, 6.07) is 3.88. The largest absolute Gasteiger partial charge is 0.483 e. The number of nitrogens with one attached hydrogen (secondary N) is 1. The third kappa shape index (κ3) is 4.16. The van der Waals surface area contributed by atoms with Crippen LogP contribution < -0.4 is 15.8 Å². The van der Waals surface area contributed by atoms with Gasteiger partial charge < -0.3 is 15.8 Å². The van der Waals surface area contributed by atoms with E-state index >= 15 is 0 Å². The monoisotopic (exact) mass is 264 g/mol. The highest BCUT2D eigenvalue weighted by atomic mass is 16.5. The Hall–Kier alpha value is -1.71. The first-order valence-electron chi connectivity index (χ1n) is 6.60. The maximum Gasteiger partial charge on any atom is 0.258 e. The second kappa shape index (κ2) is 6.45. The fourth-order valence-corrected chi connectivity index (χ4v) is 1.66. The number of hydrogen-bond acceptors (Lipinski definition) is 3. The third-order valence-electron chi connectivity index (χ3n) is 3.38. The van der Waals surface area contributed by atoms with E-state index in [-0.39, 0.29) is 18.6 Å². The molecule has 0 radical (unpaired) electrons. The van der Waals surface area contributed by atoms with E-state index in [9.17, 15) is 4.79 Å². The van der Waals surface area contributed by atoms with Gasteiger partial charge in [0, 0.05) is 17.3 Å². The van der Waals surface area contributed by atoms with Crippen molar-refractivity contribution in [3.63, 3.8) is 0 Å². The van der Waals surface area contributed by atoms with Crippen LogP contribution in [0.2, 0.25) is 0 Å². The van der Waals surface area contributed by atoms with Crippen LogP contribution >= 0.6 is 0 Å². The van der Waals surface area contributed by atoms with Gasteiger partial charge in [0.15, 0.2) is 6.61 Å². The number of carbonyl (C=O) groups excluding carboxylic acids is 1. The zero-order chi connectivity index (χ0) is 14.6. The van der Waals surface area contributed by atoms with Crippen molar-refractivity contribution in [1.82, 2.24) is 5.32 Å². The van der Waals surface area contributed by atoms with E-state index in [1.807, 2.05) is 32.9 Å². The van der Waals surface area contributed by atoms with E-state index in [1.165, 1.54) is 0 Å². The number of hydrogen-bond donors (Lipinski definition) is 2. The minimum Gasteiger partial charge on any atom is -0.483 e. The van der Waals surface area contributed by atoms with Crippen LogP contribution in [0.1, 0.15) is 31.9 Å². The summed E-state index contributed by atoms with van der Waals surface area (Å²) in [6.45, 7) is 9.97. The van der Waals surface area contributed by atoms with Gasteiger partial charge in [0.1, 0.15) is 5.75 Å². The van der Waals surface area contributed by atoms with Gasteiger partial charge in [0.05, 0.1) is 0 Å². The molecule has 3 N–H and O–H groups in total. The number of carbonyl (C=O) groups is 1. The molecular weight excluding hydrogens is 240 g/mol. The van der Waals surface area contributed by atoms with Crippen LogP contribution in [0.5, 0.6) is 5.75 Å². The Bertz CT molecular complexity index is 456. The number of ether oxygens (including phenoxy) is 1. The van der Waals surface area contributed by atoms with Crippen molar-refractivity contribution in [3.05, 3.63) is 23.3 Å². The van der Waals surface area contributed by atoms with Crippen molar-refractivity contribution in [2.75, 3.05) is 12.3 Å². The summed E-state index contributed by atoms with van der Waals surface area (Å²) in [4.78, 5) is 11.8. The molecule has 106 valence electrons. The first kappa shape index (κ1) is 15.3. The molecule has 1 amide bonds. The molecule has 0 heterocycles. The molecule has 1 aromatic rings. The lowest BCUT2D eigenvalue weighted by Crippen LogP contribution is -2.39. The van der Waals surface area contributed by atoms with Crippen LogP contribution in [0, 0.1) is 19.8 Å². The molecule has 0 aliphatic carbocycles. The molecule has 0 saturated carbocycles. The fraction of sp³-hybridized carbons (Fsp3) is 0.533. The van der Waals surface area contributed by atoms with E-state index in [0.717, 1.165) is 11.1 Å². The standard InChI is InChI=1S/C15H24N2O2/c1-9(2)12(5)17-14(18)8-19-15-10(3)6-7-13(16)11(15)4/h6-7,9,12H,8,16H2,1-5H3,(H,17,18). The molecule has 1 unspecified atom stereocenters. The van der Waals surface area contributed by atoms with Gasteiger partial charge in [-0.05, 0) is 38.3 Å². The SMILES string of the molecule is Cc1ccc(N)c(C)c1OCC(=O)NC(C)C(C)C. The van der Waals surface area contributed by atoms with Gasteiger partial charge in [-0.2, -0.15) is 0 Å². The van der Waals surface area contributed by atoms with Gasteiger partial charge in [-0.25, -0.2) is 0 Å². The summed E-state index contributed by atoms with van der Waals surface area (Å²) in [5.74, 6) is 0.995. The minimum absolute atomic E-state index is 0.0161. The number of anilines is 1. The van der Waals surface area contributed by atoms with Crippen LogP contribution in [0.4, 0.5) is 5.69 Å². The Morgan fingerprint density at radius 2 is 1.95 bits per heavy atom. The molecule has 4 nitrogen and oxygen atoms in total. The summed E-state index contributed by atoms with van der Waals surface area (Å²) < 4.78 is 5.60. The van der Waals surface area contributed by atoms with E-state index in [0.29, 0.717) is 17.4 Å². The number of aryl methyl sites for hydroxylation is 1. The van der Waals surface area contributed by atoms with Gasteiger partial charge in [-0.1, -0.05) is 19.9 Å². The van der Waals surface area contributed by atoms with E-state index < -0.39 is 0 Å². The number of rotatable bonds is 5. The van der Waals surface area contributed by atoms with Crippen molar-refractivity contribution in [1.29, 1.82) is 0 Å². The number of amides is 1. The number of benzene rings is 1. The second-order valence-electron chi connectivity index (χ2n) is 5.31. The van der Waals surface area contributed by atoms with Gasteiger partial charge in [-0.3, -0.25) is 4.79 Å². The lowest BCUT2D eigenvalue weighted by atomic mass is 10.1. The third-order valence-corrected chi connectivity index (χ3v) is 3.38. The number of nitrogen functional groups attached to an aromatic ring is 1. The van der Waals surface area contributed by atoms with Crippen molar-refractivity contribution in [2.24, 2.45) is 5.92 Å². The van der Waals surface area contributed by atoms with Crippen LogP contribution in [0.15, 0.2) is 12.1 Å². The smallest absolute Gasteiger partial charge is 0.258 e. The van der Waals surface area contributed by atoms with Gasteiger partial charge in [0.25, 0.3) is 5.91 Å². The van der Waals surface area contributed by atoms with Crippen LogP contribution in [-0.4, -0.2) is 18.6 Å². The maximum absolute atomic E-state index is 11.8. The molecular formula is C15H24N2O2. The maximum atomic E-state index is 11.8. The topological polar surface area (TPSA) is 64.3 Å². The lowest BCUT2D eigenvalue weighted by Gasteiger charge is -2.18. The fourth-order valence-electron chi connectivity index (χ4n) is 1.66. The van der Waals surface area contributed by atoms with Crippen LogP contribution in [-0.2, 0) is 4.79 Å².